The van der Waals surface area contributed by atoms with Crippen LogP contribution < -0.4 is 0 Å². The standard InChI is InChI=1S/C5H5BrF3N/c6-4-1-3(2-10-4)5(7,8)9/h2-4H,1H2. The minimum Gasteiger partial charge on any atom is -0.282 e. The monoisotopic (exact) mass is 215 g/mol. The van der Waals surface area contributed by atoms with E-state index in [9.17, 15) is 13.2 Å². The Balaban J connectivity index is 2.55. The minimum atomic E-state index is -4.12. The summed E-state index contributed by atoms with van der Waals surface area (Å²) in [6.45, 7) is 0. The molecule has 1 nitrogen and oxygen atoms in total. The Morgan fingerprint density at radius 3 is 2.30 bits per heavy atom. The Morgan fingerprint density at radius 2 is 2.10 bits per heavy atom. The van der Waals surface area contributed by atoms with Gasteiger partial charge in [-0.2, -0.15) is 13.2 Å². The zero-order valence-electron chi connectivity index (χ0n) is 4.90. The van der Waals surface area contributed by atoms with Crippen LogP contribution in [-0.4, -0.2) is 17.3 Å². The average Bonchev–Trinajstić information content (AvgIpc) is 2.11. The third-order valence-electron chi connectivity index (χ3n) is 1.30. The maximum Gasteiger partial charge on any atom is 0.396 e. The smallest absolute Gasteiger partial charge is 0.282 e. The zero-order valence-corrected chi connectivity index (χ0v) is 6.48. The van der Waals surface area contributed by atoms with Crippen LogP contribution in [0.2, 0.25) is 0 Å². The van der Waals surface area contributed by atoms with Gasteiger partial charge in [0.1, 0.15) is 4.95 Å². The second-order valence-electron chi connectivity index (χ2n) is 2.12. The van der Waals surface area contributed by atoms with Gasteiger partial charge in [0.15, 0.2) is 0 Å². The lowest BCUT2D eigenvalue weighted by Crippen LogP contribution is -2.22. The third kappa shape index (κ3) is 1.71. The summed E-state index contributed by atoms with van der Waals surface area (Å²) in [5.41, 5.74) is 0. The lowest BCUT2D eigenvalue weighted by molar-refractivity contribution is -0.153. The van der Waals surface area contributed by atoms with Crippen molar-refractivity contribution >= 4 is 22.1 Å². The van der Waals surface area contributed by atoms with Crippen LogP contribution in [0, 0.1) is 5.92 Å². The first-order chi connectivity index (χ1) is 4.50. The summed E-state index contributed by atoms with van der Waals surface area (Å²) in [5, 5.41) is 0. The van der Waals surface area contributed by atoms with Gasteiger partial charge in [-0.1, -0.05) is 15.9 Å². The first-order valence-electron chi connectivity index (χ1n) is 2.74. The highest BCUT2D eigenvalue weighted by molar-refractivity contribution is 9.09. The van der Waals surface area contributed by atoms with E-state index in [0.717, 1.165) is 6.21 Å². The molecule has 0 fully saturated rings. The third-order valence-corrected chi connectivity index (χ3v) is 1.91. The molecule has 0 saturated carbocycles. The van der Waals surface area contributed by atoms with Gasteiger partial charge in [-0.15, -0.1) is 0 Å². The predicted molar refractivity (Wildman–Crippen MR) is 35.4 cm³/mol. The summed E-state index contributed by atoms with van der Waals surface area (Å²) in [5.74, 6) is -1.35. The van der Waals surface area contributed by atoms with Crippen LogP contribution in [0.15, 0.2) is 4.99 Å². The van der Waals surface area contributed by atoms with Crippen molar-refractivity contribution in [2.75, 3.05) is 0 Å². The molecule has 0 saturated heterocycles. The van der Waals surface area contributed by atoms with E-state index in [1.54, 1.807) is 0 Å². The molecule has 1 aliphatic heterocycles. The number of nitrogens with zero attached hydrogens (tertiary/aromatic N) is 1. The van der Waals surface area contributed by atoms with Gasteiger partial charge in [0.2, 0.25) is 0 Å². The molecular formula is C5H5BrF3N. The first-order valence-corrected chi connectivity index (χ1v) is 3.66. The normalized spacial score (nSPS) is 33.2. The number of halogens is 4. The van der Waals surface area contributed by atoms with Crippen LogP contribution in [0.1, 0.15) is 6.42 Å². The van der Waals surface area contributed by atoms with Crippen LogP contribution in [-0.2, 0) is 0 Å². The molecule has 0 radical (unpaired) electrons. The second kappa shape index (κ2) is 2.53. The van der Waals surface area contributed by atoms with Gasteiger partial charge in [0, 0.05) is 6.21 Å². The second-order valence-corrected chi connectivity index (χ2v) is 3.17. The van der Waals surface area contributed by atoms with Crippen molar-refractivity contribution in [2.45, 2.75) is 17.5 Å². The van der Waals surface area contributed by atoms with Gasteiger partial charge >= 0.3 is 6.18 Å². The van der Waals surface area contributed by atoms with Crippen LogP contribution in [0.5, 0.6) is 0 Å². The molecule has 5 heteroatoms. The molecule has 10 heavy (non-hydrogen) atoms. The van der Waals surface area contributed by atoms with E-state index in [2.05, 4.69) is 20.9 Å². The van der Waals surface area contributed by atoms with Crippen LogP contribution >= 0.6 is 15.9 Å². The number of hydrogen-bond donors (Lipinski definition) is 0. The lowest BCUT2D eigenvalue weighted by Gasteiger charge is -2.10. The number of hydrogen-bond acceptors (Lipinski definition) is 1. The average molecular weight is 216 g/mol. The molecule has 1 heterocycles. The molecule has 0 amide bonds. The summed E-state index contributed by atoms with van der Waals surface area (Å²) in [7, 11) is 0. The van der Waals surface area contributed by atoms with Crippen molar-refractivity contribution in [2.24, 2.45) is 10.9 Å². The Bertz CT molecular complexity index is 153. The molecule has 0 spiro atoms. The molecule has 2 unspecified atom stereocenters. The van der Waals surface area contributed by atoms with Gasteiger partial charge in [-0.25, -0.2) is 0 Å². The number of alkyl halides is 4. The van der Waals surface area contributed by atoms with Gasteiger partial charge in [0.25, 0.3) is 0 Å². The SMILES string of the molecule is FC(F)(F)C1C=NC(Br)C1. The molecule has 0 aromatic rings. The molecule has 2 atom stereocenters. The maximum atomic E-state index is 11.8. The van der Waals surface area contributed by atoms with Crippen molar-refractivity contribution in [3.05, 3.63) is 0 Å². The van der Waals surface area contributed by atoms with Crippen molar-refractivity contribution in [1.82, 2.24) is 0 Å². The lowest BCUT2D eigenvalue weighted by atomic mass is 10.1. The minimum absolute atomic E-state index is 0.0312. The number of rotatable bonds is 0. The highest BCUT2D eigenvalue weighted by atomic mass is 79.9. The van der Waals surface area contributed by atoms with E-state index in [1.807, 2.05) is 0 Å². The van der Waals surface area contributed by atoms with E-state index in [1.165, 1.54) is 0 Å². The van der Waals surface area contributed by atoms with Crippen molar-refractivity contribution < 1.29 is 13.2 Å². The molecule has 58 valence electrons. The summed E-state index contributed by atoms with van der Waals surface area (Å²) in [6, 6.07) is 0. The van der Waals surface area contributed by atoms with Gasteiger partial charge in [-0.05, 0) is 6.42 Å². The first kappa shape index (κ1) is 8.04. The quantitative estimate of drug-likeness (QED) is 0.435. The number of aliphatic imine (C=N–C) groups is 1. The van der Waals surface area contributed by atoms with E-state index >= 15 is 0 Å². The molecule has 0 bridgehead atoms. The topological polar surface area (TPSA) is 12.4 Å². The Morgan fingerprint density at radius 1 is 1.50 bits per heavy atom. The van der Waals surface area contributed by atoms with E-state index in [0.29, 0.717) is 0 Å². The largest absolute Gasteiger partial charge is 0.396 e. The van der Waals surface area contributed by atoms with Crippen molar-refractivity contribution in [3.63, 3.8) is 0 Å². The fourth-order valence-corrected chi connectivity index (χ4v) is 1.29. The summed E-state index contributed by atoms with van der Waals surface area (Å²) >= 11 is 2.97. The van der Waals surface area contributed by atoms with Crippen molar-refractivity contribution in [3.8, 4) is 0 Å². The fourth-order valence-electron chi connectivity index (χ4n) is 0.747. The predicted octanol–water partition coefficient (Wildman–Crippen LogP) is 2.36. The molecule has 0 aliphatic carbocycles. The summed E-state index contributed by atoms with van der Waals surface area (Å²) in [6.07, 6.45) is -3.13. The molecule has 0 aromatic carbocycles. The van der Waals surface area contributed by atoms with Gasteiger partial charge in [0.05, 0.1) is 5.92 Å². The molecule has 0 aromatic heterocycles. The van der Waals surface area contributed by atoms with E-state index in [4.69, 9.17) is 0 Å². The maximum absolute atomic E-state index is 11.8. The molecule has 0 N–H and O–H groups in total. The fraction of sp³-hybridized carbons (Fsp3) is 0.800. The van der Waals surface area contributed by atoms with Gasteiger partial charge in [-0.3, -0.25) is 4.99 Å². The van der Waals surface area contributed by atoms with Crippen LogP contribution in [0.25, 0.3) is 0 Å². The van der Waals surface area contributed by atoms with Crippen LogP contribution in [0.4, 0.5) is 13.2 Å². The van der Waals surface area contributed by atoms with E-state index < -0.39 is 12.1 Å². The van der Waals surface area contributed by atoms with Crippen molar-refractivity contribution in [1.29, 1.82) is 0 Å². The molecule has 1 aliphatic rings. The zero-order chi connectivity index (χ0) is 7.78. The highest BCUT2D eigenvalue weighted by Gasteiger charge is 2.41. The van der Waals surface area contributed by atoms with Gasteiger partial charge < -0.3 is 0 Å². The van der Waals surface area contributed by atoms with E-state index in [-0.39, 0.29) is 11.4 Å². The molecule has 1 rings (SSSR count). The summed E-state index contributed by atoms with van der Waals surface area (Å²) < 4.78 is 35.5. The Hall–Kier alpha value is -0.0600. The van der Waals surface area contributed by atoms with Crippen LogP contribution in [0.3, 0.4) is 0 Å². The molecular weight excluding hydrogens is 211 g/mol. The Labute approximate surface area is 64.5 Å². The summed E-state index contributed by atoms with van der Waals surface area (Å²) in [4.78, 5) is 3.21. The Kier molecular flexibility index (Phi) is 2.03. The highest BCUT2D eigenvalue weighted by Crippen LogP contribution is 2.33.